The van der Waals surface area contributed by atoms with Crippen molar-refractivity contribution in [1.82, 2.24) is 9.55 Å². The van der Waals surface area contributed by atoms with Crippen LogP contribution in [-0.4, -0.2) is 29.1 Å². The molecule has 2 aromatic rings. The number of nitrogens with zero attached hydrogens (tertiary/aromatic N) is 3. The van der Waals surface area contributed by atoms with Crippen molar-refractivity contribution in [1.29, 1.82) is 0 Å². The van der Waals surface area contributed by atoms with Crippen LogP contribution in [0, 0.1) is 5.92 Å². The number of fused-ring (bicyclic) bond motifs is 1. The van der Waals surface area contributed by atoms with Crippen LogP contribution in [0.2, 0.25) is 0 Å². The lowest BCUT2D eigenvalue weighted by atomic mass is 9.99. The number of carbonyl (C=O) groups excluding carboxylic acids is 1. The summed E-state index contributed by atoms with van der Waals surface area (Å²) < 4.78 is 1.53. The molecule has 1 fully saturated rings. The van der Waals surface area contributed by atoms with Gasteiger partial charge < -0.3 is 4.90 Å². The zero-order chi connectivity index (χ0) is 12.5. The number of para-hydroxylation sites is 1. The molecule has 0 aliphatic carbocycles. The average molecular weight is 243 g/mol. The van der Waals surface area contributed by atoms with Gasteiger partial charge in [-0.2, -0.15) is 0 Å². The van der Waals surface area contributed by atoms with Crippen molar-refractivity contribution in [2.24, 2.45) is 5.92 Å². The van der Waals surface area contributed by atoms with Crippen LogP contribution in [0.4, 0.5) is 5.69 Å². The first-order valence-corrected chi connectivity index (χ1v) is 6.45. The van der Waals surface area contributed by atoms with Gasteiger partial charge in [-0.15, -0.1) is 0 Å². The van der Waals surface area contributed by atoms with Crippen LogP contribution >= 0.6 is 0 Å². The molecule has 1 atom stereocenters. The largest absolute Gasteiger partial charge is 0.369 e. The van der Waals surface area contributed by atoms with Crippen molar-refractivity contribution in [2.75, 3.05) is 18.0 Å². The maximum absolute atomic E-state index is 10.9. The third-order valence-corrected chi connectivity index (χ3v) is 3.69. The van der Waals surface area contributed by atoms with E-state index in [1.54, 1.807) is 6.33 Å². The molecule has 1 aromatic carbocycles. The van der Waals surface area contributed by atoms with Crippen LogP contribution in [0.15, 0.2) is 24.5 Å². The fourth-order valence-electron chi connectivity index (χ4n) is 2.79. The standard InChI is InChI=1S/C14H17N3O/c1-11-4-3-7-16(8-11)12-5-2-6-13-14(12)15-9-17(13)10-18/h2,5-6,9-11H,3-4,7-8H2,1H3. The Morgan fingerprint density at radius 1 is 1.44 bits per heavy atom. The first kappa shape index (κ1) is 11.3. The maximum atomic E-state index is 10.9. The van der Waals surface area contributed by atoms with Crippen LogP contribution in [0.3, 0.4) is 0 Å². The Balaban J connectivity index is 2.06. The lowest BCUT2D eigenvalue weighted by molar-refractivity contribution is 0.447. The average Bonchev–Trinajstić information content (AvgIpc) is 2.81. The van der Waals surface area contributed by atoms with Crippen molar-refractivity contribution in [3.8, 4) is 0 Å². The molecule has 4 nitrogen and oxygen atoms in total. The van der Waals surface area contributed by atoms with E-state index >= 15 is 0 Å². The number of hydrogen-bond donors (Lipinski definition) is 0. The second-order valence-corrected chi connectivity index (χ2v) is 5.10. The SMILES string of the molecule is CC1CCCN(c2cccc3c2ncn3C=O)C1. The summed E-state index contributed by atoms with van der Waals surface area (Å²) in [4.78, 5) is 17.7. The third-order valence-electron chi connectivity index (χ3n) is 3.69. The Morgan fingerprint density at radius 3 is 3.11 bits per heavy atom. The van der Waals surface area contributed by atoms with Gasteiger partial charge in [0.1, 0.15) is 11.8 Å². The molecule has 1 aliphatic rings. The van der Waals surface area contributed by atoms with Gasteiger partial charge in [0, 0.05) is 13.1 Å². The zero-order valence-electron chi connectivity index (χ0n) is 10.5. The predicted octanol–water partition coefficient (Wildman–Crippen LogP) is 2.31. The lowest BCUT2D eigenvalue weighted by Crippen LogP contribution is -2.34. The third kappa shape index (κ3) is 1.78. The van der Waals surface area contributed by atoms with Gasteiger partial charge in [0.15, 0.2) is 0 Å². The topological polar surface area (TPSA) is 38.1 Å². The highest BCUT2D eigenvalue weighted by atomic mass is 16.1. The van der Waals surface area contributed by atoms with Gasteiger partial charge in [0.05, 0.1) is 11.2 Å². The van der Waals surface area contributed by atoms with Gasteiger partial charge in [0.2, 0.25) is 6.41 Å². The van der Waals surface area contributed by atoms with Gasteiger partial charge in [-0.1, -0.05) is 13.0 Å². The van der Waals surface area contributed by atoms with E-state index in [9.17, 15) is 4.79 Å². The quantitative estimate of drug-likeness (QED) is 0.760. The number of rotatable bonds is 2. The van der Waals surface area contributed by atoms with Crippen LogP contribution in [0.25, 0.3) is 11.0 Å². The highest BCUT2D eigenvalue weighted by Crippen LogP contribution is 2.28. The molecular weight excluding hydrogens is 226 g/mol. The molecule has 0 saturated carbocycles. The molecular formula is C14H17N3O. The molecule has 4 heteroatoms. The molecule has 0 amide bonds. The van der Waals surface area contributed by atoms with Gasteiger partial charge >= 0.3 is 0 Å². The van der Waals surface area contributed by atoms with Crippen LogP contribution in [-0.2, 0) is 4.79 Å². The van der Waals surface area contributed by atoms with Crippen molar-refractivity contribution in [3.63, 3.8) is 0 Å². The van der Waals surface area contributed by atoms with Crippen LogP contribution < -0.4 is 4.90 Å². The van der Waals surface area contributed by atoms with E-state index in [4.69, 9.17) is 0 Å². The van der Waals surface area contributed by atoms with Gasteiger partial charge in [-0.3, -0.25) is 9.36 Å². The summed E-state index contributed by atoms with van der Waals surface area (Å²) in [5.41, 5.74) is 2.97. The predicted molar refractivity (Wildman–Crippen MR) is 72.5 cm³/mol. The van der Waals surface area contributed by atoms with Crippen LogP contribution in [0.1, 0.15) is 19.8 Å². The molecule has 1 aromatic heterocycles. The molecule has 2 heterocycles. The van der Waals surface area contributed by atoms with Crippen LogP contribution in [0.5, 0.6) is 0 Å². The summed E-state index contributed by atoms with van der Waals surface area (Å²) in [5, 5.41) is 0. The second-order valence-electron chi connectivity index (χ2n) is 5.10. The minimum Gasteiger partial charge on any atom is -0.369 e. The molecule has 1 saturated heterocycles. The molecule has 18 heavy (non-hydrogen) atoms. The summed E-state index contributed by atoms with van der Waals surface area (Å²) in [5.74, 6) is 0.724. The van der Waals surface area contributed by atoms with E-state index in [2.05, 4.69) is 22.9 Å². The van der Waals surface area contributed by atoms with E-state index in [-0.39, 0.29) is 0 Å². The second kappa shape index (κ2) is 4.44. The number of benzene rings is 1. The van der Waals surface area contributed by atoms with E-state index in [0.29, 0.717) is 0 Å². The number of piperidine rings is 1. The molecule has 0 spiro atoms. The molecule has 1 aliphatic heterocycles. The fourth-order valence-corrected chi connectivity index (χ4v) is 2.79. The zero-order valence-corrected chi connectivity index (χ0v) is 10.5. The number of hydrogen-bond acceptors (Lipinski definition) is 3. The number of aromatic nitrogens is 2. The first-order chi connectivity index (χ1) is 8.79. The fraction of sp³-hybridized carbons (Fsp3) is 0.429. The highest BCUT2D eigenvalue weighted by Gasteiger charge is 2.19. The van der Waals surface area contributed by atoms with Gasteiger partial charge in [-0.05, 0) is 30.9 Å². The minimum absolute atomic E-state index is 0.724. The van der Waals surface area contributed by atoms with Crippen molar-refractivity contribution in [3.05, 3.63) is 24.5 Å². The summed E-state index contributed by atoms with van der Waals surface area (Å²) in [6.07, 6.45) is 4.92. The molecule has 0 bridgehead atoms. The molecule has 1 unspecified atom stereocenters. The van der Waals surface area contributed by atoms with E-state index in [0.717, 1.165) is 42.1 Å². The Bertz CT molecular complexity index is 575. The number of imidazole rings is 1. The Labute approximate surface area is 106 Å². The first-order valence-electron chi connectivity index (χ1n) is 6.45. The van der Waals surface area contributed by atoms with Gasteiger partial charge in [-0.25, -0.2) is 4.98 Å². The van der Waals surface area contributed by atoms with Gasteiger partial charge in [0.25, 0.3) is 0 Å². The molecule has 94 valence electrons. The van der Waals surface area contributed by atoms with Crippen molar-refractivity contribution < 1.29 is 4.79 Å². The Morgan fingerprint density at radius 2 is 2.33 bits per heavy atom. The molecule has 0 N–H and O–H groups in total. The highest BCUT2D eigenvalue weighted by molar-refractivity contribution is 5.91. The number of carbonyl (C=O) groups is 1. The maximum Gasteiger partial charge on any atom is 0.219 e. The lowest BCUT2D eigenvalue weighted by Gasteiger charge is -2.32. The molecule has 3 rings (SSSR count). The van der Waals surface area contributed by atoms with E-state index < -0.39 is 0 Å². The summed E-state index contributed by atoms with van der Waals surface area (Å²) in [6, 6.07) is 6.04. The Hall–Kier alpha value is -1.84. The minimum atomic E-state index is 0.724. The summed E-state index contributed by atoms with van der Waals surface area (Å²) in [6.45, 7) is 4.45. The van der Waals surface area contributed by atoms with Crippen molar-refractivity contribution in [2.45, 2.75) is 19.8 Å². The smallest absolute Gasteiger partial charge is 0.219 e. The Kier molecular flexibility index (Phi) is 2.78. The summed E-state index contributed by atoms with van der Waals surface area (Å²) in [7, 11) is 0. The van der Waals surface area contributed by atoms with Crippen molar-refractivity contribution >= 4 is 23.1 Å². The summed E-state index contributed by atoms with van der Waals surface area (Å²) >= 11 is 0. The van der Waals surface area contributed by atoms with E-state index in [1.165, 1.54) is 17.4 Å². The number of anilines is 1. The monoisotopic (exact) mass is 243 g/mol. The van der Waals surface area contributed by atoms with E-state index in [1.807, 2.05) is 12.1 Å². The molecule has 0 radical (unpaired) electrons. The normalized spacial score (nSPS) is 20.3.